The Morgan fingerprint density at radius 2 is 2.17 bits per heavy atom. The maximum Gasteiger partial charge on any atom is 0.0314 e. The highest BCUT2D eigenvalue weighted by Gasteiger charge is 2.11. The molecule has 0 amide bonds. The quantitative estimate of drug-likeness (QED) is 0.722. The Morgan fingerprint density at radius 3 is 2.58 bits per heavy atom. The number of hydrogen-bond acceptors (Lipinski definition) is 1. The normalized spacial score (nSPS) is 16.0. The van der Waals surface area contributed by atoms with Gasteiger partial charge in [-0.15, -0.1) is 11.3 Å². The number of rotatable bonds is 3. The minimum Gasteiger partial charge on any atom is -0.148 e. The van der Waals surface area contributed by atoms with Crippen molar-refractivity contribution in [1.82, 2.24) is 0 Å². The molecule has 0 aliphatic heterocycles. The minimum absolute atomic E-state index is 0.589. The van der Waals surface area contributed by atoms with Gasteiger partial charge < -0.3 is 0 Å². The highest BCUT2D eigenvalue weighted by molar-refractivity contribution is 9.10. The second kappa shape index (κ2) is 4.77. The zero-order valence-corrected chi connectivity index (χ0v) is 11.2. The topological polar surface area (TPSA) is 0 Å². The SMILES string of the molecule is CC(Br)C(C)Cc1sccc1Br. The lowest BCUT2D eigenvalue weighted by Crippen LogP contribution is -2.08. The highest BCUT2D eigenvalue weighted by atomic mass is 79.9. The fourth-order valence-electron chi connectivity index (χ4n) is 0.926. The molecule has 0 radical (unpaired) electrons. The van der Waals surface area contributed by atoms with Crippen molar-refractivity contribution in [2.75, 3.05) is 0 Å². The molecule has 0 spiro atoms. The number of thiophene rings is 1. The average Bonchev–Trinajstić information content (AvgIpc) is 2.36. The smallest absolute Gasteiger partial charge is 0.0314 e. The first kappa shape index (κ1) is 10.7. The van der Waals surface area contributed by atoms with E-state index in [1.807, 2.05) is 11.3 Å². The van der Waals surface area contributed by atoms with Gasteiger partial charge in [-0.3, -0.25) is 0 Å². The molecule has 1 heterocycles. The Hall–Kier alpha value is 0.660. The van der Waals surface area contributed by atoms with Gasteiger partial charge >= 0.3 is 0 Å². The van der Waals surface area contributed by atoms with Crippen LogP contribution in [0.4, 0.5) is 0 Å². The summed E-state index contributed by atoms with van der Waals surface area (Å²) >= 11 is 8.97. The lowest BCUT2D eigenvalue weighted by atomic mass is 10.0. The summed E-state index contributed by atoms with van der Waals surface area (Å²) in [5.74, 6) is 0.694. The molecule has 0 nitrogen and oxygen atoms in total. The van der Waals surface area contributed by atoms with Gasteiger partial charge in [0, 0.05) is 14.2 Å². The molecule has 12 heavy (non-hydrogen) atoms. The molecule has 2 atom stereocenters. The summed E-state index contributed by atoms with van der Waals surface area (Å²) in [5.41, 5.74) is 0. The summed E-state index contributed by atoms with van der Waals surface area (Å²) in [6.45, 7) is 4.47. The highest BCUT2D eigenvalue weighted by Crippen LogP contribution is 2.27. The van der Waals surface area contributed by atoms with Crippen LogP contribution in [0.3, 0.4) is 0 Å². The lowest BCUT2D eigenvalue weighted by molar-refractivity contribution is 0.585. The van der Waals surface area contributed by atoms with Gasteiger partial charge in [0.15, 0.2) is 0 Å². The third-order valence-corrected chi connectivity index (χ3v) is 4.83. The van der Waals surface area contributed by atoms with Crippen LogP contribution in [0.25, 0.3) is 0 Å². The van der Waals surface area contributed by atoms with Gasteiger partial charge in [0.25, 0.3) is 0 Å². The molecule has 0 saturated heterocycles. The Kier molecular flexibility index (Phi) is 4.27. The first-order chi connectivity index (χ1) is 5.61. The first-order valence-electron chi connectivity index (χ1n) is 3.97. The number of hydrogen-bond donors (Lipinski definition) is 0. The third-order valence-electron chi connectivity index (χ3n) is 1.98. The molecule has 2 unspecified atom stereocenters. The molecule has 0 saturated carbocycles. The Labute approximate surface area is 94.6 Å². The van der Waals surface area contributed by atoms with E-state index in [1.165, 1.54) is 9.35 Å². The Morgan fingerprint density at radius 1 is 1.50 bits per heavy atom. The van der Waals surface area contributed by atoms with Crippen molar-refractivity contribution in [2.24, 2.45) is 5.92 Å². The van der Waals surface area contributed by atoms with E-state index in [0.717, 1.165) is 6.42 Å². The van der Waals surface area contributed by atoms with Crippen molar-refractivity contribution < 1.29 is 0 Å². The summed E-state index contributed by atoms with van der Waals surface area (Å²) in [7, 11) is 0. The summed E-state index contributed by atoms with van der Waals surface area (Å²) in [4.78, 5) is 2.04. The summed E-state index contributed by atoms with van der Waals surface area (Å²) in [5, 5.41) is 2.13. The summed E-state index contributed by atoms with van der Waals surface area (Å²) in [6, 6.07) is 2.12. The zero-order valence-electron chi connectivity index (χ0n) is 7.18. The van der Waals surface area contributed by atoms with E-state index in [-0.39, 0.29) is 0 Å². The van der Waals surface area contributed by atoms with Gasteiger partial charge in [0.2, 0.25) is 0 Å². The van der Waals surface area contributed by atoms with Gasteiger partial charge in [-0.25, -0.2) is 0 Å². The van der Waals surface area contributed by atoms with E-state index < -0.39 is 0 Å². The third kappa shape index (κ3) is 2.86. The van der Waals surface area contributed by atoms with E-state index in [1.54, 1.807) is 0 Å². The van der Waals surface area contributed by atoms with Crippen LogP contribution in [-0.2, 0) is 6.42 Å². The lowest BCUT2D eigenvalue weighted by Gasteiger charge is -2.12. The average molecular weight is 312 g/mol. The molecule has 0 bridgehead atoms. The fourth-order valence-corrected chi connectivity index (χ4v) is 2.77. The van der Waals surface area contributed by atoms with Gasteiger partial charge in [0.05, 0.1) is 0 Å². The van der Waals surface area contributed by atoms with Crippen molar-refractivity contribution in [1.29, 1.82) is 0 Å². The van der Waals surface area contributed by atoms with Gasteiger partial charge in [-0.05, 0) is 39.7 Å². The van der Waals surface area contributed by atoms with Gasteiger partial charge in [-0.2, -0.15) is 0 Å². The van der Waals surface area contributed by atoms with E-state index >= 15 is 0 Å². The monoisotopic (exact) mass is 310 g/mol. The Bertz CT molecular complexity index is 242. The first-order valence-corrected chi connectivity index (χ1v) is 6.56. The fraction of sp³-hybridized carbons (Fsp3) is 0.556. The molecule has 0 aromatic carbocycles. The van der Waals surface area contributed by atoms with Crippen LogP contribution in [0.2, 0.25) is 0 Å². The van der Waals surface area contributed by atoms with Crippen LogP contribution in [0.1, 0.15) is 18.7 Å². The van der Waals surface area contributed by atoms with Crippen LogP contribution in [0.15, 0.2) is 15.9 Å². The summed E-state index contributed by atoms with van der Waals surface area (Å²) < 4.78 is 1.26. The van der Waals surface area contributed by atoms with E-state index in [2.05, 4.69) is 57.2 Å². The maximum absolute atomic E-state index is 3.60. The molecule has 1 aromatic rings. The van der Waals surface area contributed by atoms with E-state index in [9.17, 15) is 0 Å². The van der Waals surface area contributed by atoms with Gasteiger partial charge in [0.1, 0.15) is 0 Å². The van der Waals surface area contributed by atoms with Gasteiger partial charge in [-0.1, -0.05) is 29.8 Å². The molecule has 0 fully saturated rings. The standard InChI is InChI=1S/C9H12Br2S/c1-6(7(2)10)5-9-8(11)3-4-12-9/h3-4,6-7H,5H2,1-2H3. The maximum atomic E-state index is 3.60. The van der Waals surface area contributed by atoms with Crippen molar-refractivity contribution in [2.45, 2.75) is 25.1 Å². The van der Waals surface area contributed by atoms with Crippen LogP contribution in [-0.4, -0.2) is 4.83 Å². The molecular weight excluding hydrogens is 300 g/mol. The molecule has 1 rings (SSSR count). The molecule has 0 aliphatic rings. The van der Waals surface area contributed by atoms with Crippen molar-refractivity contribution in [3.8, 4) is 0 Å². The van der Waals surface area contributed by atoms with Crippen molar-refractivity contribution in [3.63, 3.8) is 0 Å². The van der Waals surface area contributed by atoms with E-state index in [4.69, 9.17) is 0 Å². The van der Waals surface area contributed by atoms with Crippen LogP contribution in [0.5, 0.6) is 0 Å². The summed E-state index contributed by atoms with van der Waals surface area (Å²) in [6.07, 6.45) is 1.16. The second-order valence-corrected chi connectivity index (χ2v) is 6.35. The Balaban J connectivity index is 2.58. The minimum atomic E-state index is 0.589. The molecule has 68 valence electrons. The largest absolute Gasteiger partial charge is 0.148 e. The second-order valence-electron chi connectivity index (χ2n) is 3.05. The molecule has 1 aromatic heterocycles. The number of alkyl halides is 1. The number of halogens is 2. The predicted octanol–water partition coefficient (Wildman–Crippen LogP) is 4.47. The van der Waals surface area contributed by atoms with E-state index in [0.29, 0.717) is 10.7 Å². The van der Waals surface area contributed by atoms with Crippen LogP contribution in [0, 0.1) is 5.92 Å². The molecule has 3 heteroatoms. The van der Waals surface area contributed by atoms with Crippen molar-refractivity contribution in [3.05, 3.63) is 20.8 Å². The predicted molar refractivity (Wildman–Crippen MR) is 63.3 cm³/mol. The van der Waals surface area contributed by atoms with Crippen LogP contribution < -0.4 is 0 Å². The molecule has 0 N–H and O–H groups in total. The van der Waals surface area contributed by atoms with Crippen molar-refractivity contribution >= 4 is 43.2 Å². The molecule has 0 aliphatic carbocycles. The van der Waals surface area contributed by atoms with Crippen LogP contribution >= 0.6 is 43.2 Å². The molecular formula is C9H12Br2S. The zero-order chi connectivity index (χ0) is 9.14.